The smallest absolute Gasteiger partial charge is 0.243 e. The highest BCUT2D eigenvalue weighted by Crippen LogP contribution is 2.24. The molecule has 14 unspecified atom stereocenters. The first-order valence-corrected chi connectivity index (χ1v) is 25.6. The second-order valence-electron chi connectivity index (χ2n) is 18.2. The molecule has 0 aliphatic carbocycles. The average Bonchev–Trinajstić information content (AvgIpc) is 3.36. The zero-order valence-corrected chi connectivity index (χ0v) is 42.1. The van der Waals surface area contributed by atoms with Gasteiger partial charge in [0.05, 0.1) is 38.1 Å². The summed E-state index contributed by atoms with van der Waals surface area (Å²) >= 11 is 0. The molecule has 3 aliphatic heterocycles. The van der Waals surface area contributed by atoms with Gasteiger partial charge in [-0.15, -0.1) is 0 Å². The first-order valence-electron chi connectivity index (χ1n) is 25.6. The third-order valence-corrected chi connectivity index (χ3v) is 12.4. The van der Waals surface area contributed by atoms with Crippen molar-refractivity contribution in [3.63, 3.8) is 0 Å². The third-order valence-electron chi connectivity index (χ3n) is 12.4. The Kier molecular flexibility index (Phi) is 34.5. The zero-order valence-electron chi connectivity index (χ0n) is 42.1. The van der Waals surface area contributed by atoms with Crippen molar-refractivity contribution < 1.29 is 98.4 Å². The molecule has 72 heavy (non-hydrogen) atoms. The number of amides is 5. The van der Waals surface area contributed by atoms with Crippen LogP contribution in [-0.2, 0) is 52.4 Å². The van der Waals surface area contributed by atoms with E-state index in [0.717, 1.165) is 19.3 Å². The Balaban J connectivity index is 0.000000936. The highest BCUT2D eigenvalue weighted by Gasteiger charge is 2.39. The summed E-state index contributed by atoms with van der Waals surface area (Å²) in [6.45, 7) is 2.80. The zero-order chi connectivity index (χ0) is 53.3. The van der Waals surface area contributed by atoms with Crippen LogP contribution in [0, 0.1) is 0 Å². The summed E-state index contributed by atoms with van der Waals surface area (Å²) in [5, 5.41) is 99.1. The molecular weight excluding hydrogens is 955 g/mol. The molecule has 3 aliphatic rings. The van der Waals surface area contributed by atoms with Crippen LogP contribution in [0.25, 0.3) is 0 Å². The van der Waals surface area contributed by atoms with Crippen LogP contribution in [-0.4, -0.2) is 222 Å². The Bertz CT molecular complexity index is 1490. The Morgan fingerprint density at radius 1 is 0.556 bits per heavy atom. The van der Waals surface area contributed by atoms with Gasteiger partial charge in [0, 0.05) is 72.1 Å². The fourth-order valence-electron chi connectivity index (χ4n) is 7.96. The molecule has 0 aromatic rings. The quantitative estimate of drug-likeness (QED) is 0.0222. The van der Waals surface area contributed by atoms with Crippen LogP contribution in [0.3, 0.4) is 0 Å². The van der Waals surface area contributed by atoms with E-state index in [1.165, 1.54) is 7.05 Å². The number of aliphatic hydroxyl groups is 9. The number of carbonyl (C=O) groups is 5. The topological polar surface area (TPSA) is 383 Å². The summed E-state index contributed by atoms with van der Waals surface area (Å²) in [7, 11) is 1.46. The third kappa shape index (κ3) is 25.8. The molecule has 0 aromatic carbocycles. The molecule has 14 N–H and O–H groups in total. The van der Waals surface area contributed by atoms with Crippen LogP contribution in [0.4, 0.5) is 0 Å². The number of rotatable bonds is 35. The predicted octanol–water partition coefficient (Wildman–Crippen LogP) is -3.04. The summed E-state index contributed by atoms with van der Waals surface area (Å²) in [5.41, 5.74) is 0. The lowest BCUT2D eigenvalue weighted by Crippen LogP contribution is -2.52. The van der Waals surface area contributed by atoms with E-state index in [1.54, 1.807) is 0 Å². The SMILES string of the molecule is CCCCCOC1CC(O)C(O)C(CO)O1.CNC(=O)C(CCCCNC(=O)CCCCOC1CC(O)C(O)C(CO)O1)NC(=O)C(CCCCNC(=O)CCCCOC1CC(O)C(O)C(CO)O1)NC=O. The number of hydrogen-bond donors (Lipinski definition) is 14. The number of hydrogen-bond acceptors (Lipinski definition) is 20. The Morgan fingerprint density at radius 3 is 1.31 bits per heavy atom. The molecule has 3 fully saturated rings. The van der Waals surface area contributed by atoms with Gasteiger partial charge in [0.25, 0.3) is 0 Å². The summed E-state index contributed by atoms with van der Waals surface area (Å²) in [5.74, 6) is -1.20. The van der Waals surface area contributed by atoms with E-state index in [1.807, 2.05) is 0 Å². The van der Waals surface area contributed by atoms with E-state index in [2.05, 4.69) is 33.5 Å². The maximum atomic E-state index is 13.0. The van der Waals surface area contributed by atoms with Gasteiger partial charge in [0.15, 0.2) is 18.9 Å². The van der Waals surface area contributed by atoms with Crippen LogP contribution >= 0.6 is 0 Å². The van der Waals surface area contributed by atoms with Gasteiger partial charge < -0.3 is 101 Å². The first-order chi connectivity index (χ1) is 34.6. The van der Waals surface area contributed by atoms with E-state index in [0.29, 0.717) is 83.9 Å². The summed E-state index contributed by atoms with van der Waals surface area (Å²) < 4.78 is 32.7. The van der Waals surface area contributed by atoms with Crippen LogP contribution in [0.5, 0.6) is 0 Å². The minimum Gasteiger partial charge on any atom is -0.394 e. The van der Waals surface area contributed by atoms with Crippen molar-refractivity contribution in [2.24, 2.45) is 0 Å². The van der Waals surface area contributed by atoms with Gasteiger partial charge in [-0.1, -0.05) is 19.8 Å². The number of nitrogens with one attached hydrogen (secondary N) is 5. The largest absolute Gasteiger partial charge is 0.394 e. The Labute approximate surface area is 422 Å². The standard InChI is InChI=1S/C36H65N5O15.C11H22O5/c1-37-35(51)24(11-3-7-15-39-30(48)13-5-9-17-54-32-19-26(46)34(50)28(21-43)56-32)41-36(52)23(40-22-44)10-2-6-14-38-29(47)12-4-8-16-53-31-18-25(45)33(49)27(20-42)55-31;1-2-3-4-5-15-10-6-8(13)11(14)9(7-12)16-10/h22-28,31-34,42-43,45-46,49-50H,2-21H2,1H3,(H,37,51)(H,38,47)(H,39,48)(H,40,44)(H,41,52);8-14H,2-7H2,1H3. The van der Waals surface area contributed by atoms with Gasteiger partial charge in [0.1, 0.15) is 48.7 Å². The summed E-state index contributed by atoms with van der Waals surface area (Å²) in [6.07, 6.45) is -1.48. The van der Waals surface area contributed by atoms with E-state index in [9.17, 15) is 64.8 Å². The van der Waals surface area contributed by atoms with Crippen molar-refractivity contribution >= 4 is 30.0 Å². The van der Waals surface area contributed by atoms with E-state index in [-0.39, 0.29) is 70.2 Å². The van der Waals surface area contributed by atoms with Crippen molar-refractivity contribution in [1.82, 2.24) is 26.6 Å². The predicted molar refractivity (Wildman–Crippen MR) is 255 cm³/mol. The van der Waals surface area contributed by atoms with Crippen LogP contribution in [0.1, 0.15) is 122 Å². The molecular formula is C47H87N5O20. The molecule has 3 heterocycles. The van der Waals surface area contributed by atoms with Crippen molar-refractivity contribution in [1.29, 1.82) is 0 Å². The van der Waals surface area contributed by atoms with Gasteiger partial charge in [-0.3, -0.25) is 24.0 Å². The number of likely N-dealkylation sites (N-methyl/N-ethyl adjacent to an activating group) is 1. The number of unbranched alkanes of at least 4 members (excludes halogenated alkanes) is 6. The lowest BCUT2D eigenvalue weighted by molar-refractivity contribution is -0.257. The maximum absolute atomic E-state index is 13.0. The average molecular weight is 1040 g/mol. The highest BCUT2D eigenvalue weighted by molar-refractivity contribution is 5.90. The molecule has 5 amide bonds. The van der Waals surface area contributed by atoms with E-state index < -0.39 is 111 Å². The molecule has 25 nitrogen and oxygen atoms in total. The fourth-order valence-corrected chi connectivity index (χ4v) is 7.96. The van der Waals surface area contributed by atoms with Gasteiger partial charge in [-0.2, -0.15) is 0 Å². The molecule has 0 radical (unpaired) electrons. The van der Waals surface area contributed by atoms with Gasteiger partial charge in [-0.05, 0) is 70.6 Å². The second-order valence-corrected chi connectivity index (χ2v) is 18.2. The second kappa shape index (κ2) is 38.3. The van der Waals surface area contributed by atoms with E-state index in [4.69, 9.17) is 33.5 Å². The number of ether oxygens (including phenoxy) is 6. The van der Waals surface area contributed by atoms with Crippen LogP contribution < -0.4 is 26.6 Å². The van der Waals surface area contributed by atoms with Crippen molar-refractivity contribution in [2.75, 3.05) is 59.8 Å². The molecule has 14 atom stereocenters. The minimum atomic E-state index is -1.18. The van der Waals surface area contributed by atoms with Crippen LogP contribution in [0.2, 0.25) is 0 Å². The van der Waals surface area contributed by atoms with Gasteiger partial charge >= 0.3 is 0 Å². The van der Waals surface area contributed by atoms with E-state index >= 15 is 0 Å². The Hall–Kier alpha value is -3.25. The number of carbonyl (C=O) groups excluding carboxylic acids is 5. The fraction of sp³-hybridized carbons (Fsp3) is 0.894. The lowest BCUT2D eigenvalue weighted by atomic mass is 10.0. The molecule has 0 bridgehead atoms. The van der Waals surface area contributed by atoms with Crippen molar-refractivity contribution in [3.05, 3.63) is 0 Å². The maximum Gasteiger partial charge on any atom is 0.243 e. The lowest BCUT2D eigenvalue weighted by Gasteiger charge is -2.36. The Morgan fingerprint density at radius 2 is 0.944 bits per heavy atom. The highest BCUT2D eigenvalue weighted by atomic mass is 16.7. The molecule has 0 saturated carbocycles. The monoisotopic (exact) mass is 1040 g/mol. The van der Waals surface area contributed by atoms with Gasteiger partial charge in [-0.25, -0.2) is 0 Å². The van der Waals surface area contributed by atoms with Crippen LogP contribution in [0.15, 0.2) is 0 Å². The normalized spacial score (nSPS) is 28.1. The molecule has 420 valence electrons. The molecule has 25 heteroatoms. The summed E-state index contributed by atoms with van der Waals surface area (Å²) in [4.78, 5) is 61.2. The molecule has 0 aromatic heterocycles. The molecule has 0 spiro atoms. The summed E-state index contributed by atoms with van der Waals surface area (Å²) in [6, 6.07) is -1.72. The van der Waals surface area contributed by atoms with Gasteiger partial charge in [0.2, 0.25) is 30.0 Å². The van der Waals surface area contributed by atoms with Crippen molar-refractivity contribution in [2.45, 2.75) is 208 Å². The molecule has 3 rings (SSSR count). The minimum absolute atomic E-state index is 0.0802. The number of aliphatic hydroxyl groups excluding tert-OH is 9. The van der Waals surface area contributed by atoms with Crippen molar-refractivity contribution in [3.8, 4) is 0 Å². The molecule has 3 saturated heterocycles. The first kappa shape index (κ1) is 64.9.